The van der Waals surface area contributed by atoms with Gasteiger partial charge >= 0.3 is 0 Å². The van der Waals surface area contributed by atoms with Gasteiger partial charge in [0.05, 0.1) is 24.5 Å². The van der Waals surface area contributed by atoms with Crippen molar-refractivity contribution in [1.82, 2.24) is 5.32 Å². The van der Waals surface area contributed by atoms with Crippen molar-refractivity contribution in [2.24, 2.45) is 0 Å². The van der Waals surface area contributed by atoms with Crippen molar-refractivity contribution in [2.75, 3.05) is 18.5 Å². The Bertz CT molecular complexity index is 851. The molecule has 0 unspecified atom stereocenters. The van der Waals surface area contributed by atoms with E-state index in [0.717, 1.165) is 12.0 Å². The Labute approximate surface area is 179 Å². The maximum atomic E-state index is 12.5. The number of aryl methyl sites for hydroxylation is 1. The summed E-state index contributed by atoms with van der Waals surface area (Å²) in [5.74, 6) is 1.05. The highest BCUT2D eigenvalue weighted by atomic mass is 16.5. The summed E-state index contributed by atoms with van der Waals surface area (Å²) < 4.78 is 11.2. The van der Waals surface area contributed by atoms with Crippen molar-refractivity contribution >= 4 is 17.5 Å². The Morgan fingerprint density at radius 3 is 2.37 bits per heavy atom. The summed E-state index contributed by atoms with van der Waals surface area (Å²) in [5, 5.41) is 5.80. The van der Waals surface area contributed by atoms with Crippen LogP contribution in [-0.4, -0.2) is 31.1 Å². The first-order valence-electron chi connectivity index (χ1n) is 10.6. The number of rotatable bonds is 11. The largest absolute Gasteiger partial charge is 0.490 e. The molecular weight excluding hydrogens is 380 g/mol. The van der Waals surface area contributed by atoms with Crippen LogP contribution in [0, 0.1) is 0 Å². The molecule has 6 heteroatoms. The van der Waals surface area contributed by atoms with E-state index >= 15 is 0 Å². The third kappa shape index (κ3) is 6.79. The van der Waals surface area contributed by atoms with Gasteiger partial charge in [-0.05, 0) is 63.4 Å². The van der Waals surface area contributed by atoms with Crippen LogP contribution in [0.5, 0.6) is 11.5 Å². The SMILES string of the molecule is CCOc1ccc(CCC(=O)Nc2ccccc2C(=O)N[C@H](C)CC)cc1OCC. The van der Waals surface area contributed by atoms with E-state index < -0.39 is 0 Å². The Morgan fingerprint density at radius 2 is 1.67 bits per heavy atom. The average Bonchev–Trinajstić information content (AvgIpc) is 2.74. The van der Waals surface area contributed by atoms with E-state index in [1.54, 1.807) is 24.3 Å². The van der Waals surface area contributed by atoms with Crippen LogP contribution < -0.4 is 20.1 Å². The van der Waals surface area contributed by atoms with Gasteiger partial charge in [0, 0.05) is 12.5 Å². The number of amides is 2. The lowest BCUT2D eigenvalue weighted by Gasteiger charge is -2.15. The monoisotopic (exact) mass is 412 g/mol. The second kappa shape index (κ2) is 11.9. The second-order valence-corrected chi connectivity index (χ2v) is 7.02. The molecule has 2 rings (SSSR count). The summed E-state index contributed by atoms with van der Waals surface area (Å²) in [6, 6.07) is 12.8. The molecule has 0 saturated heterocycles. The summed E-state index contributed by atoms with van der Waals surface area (Å²) in [5.41, 5.74) is 1.97. The third-order valence-electron chi connectivity index (χ3n) is 4.68. The van der Waals surface area contributed by atoms with E-state index in [2.05, 4.69) is 10.6 Å². The van der Waals surface area contributed by atoms with Gasteiger partial charge in [0.15, 0.2) is 11.5 Å². The Kier molecular flexibility index (Phi) is 9.19. The molecule has 30 heavy (non-hydrogen) atoms. The molecule has 0 fully saturated rings. The number of ether oxygens (including phenoxy) is 2. The summed E-state index contributed by atoms with van der Waals surface area (Å²) in [7, 11) is 0. The lowest BCUT2D eigenvalue weighted by atomic mass is 10.1. The Hall–Kier alpha value is -3.02. The molecule has 0 aliphatic carbocycles. The van der Waals surface area contributed by atoms with Gasteiger partial charge in [-0.3, -0.25) is 9.59 Å². The van der Waals surface area contributed by atoms with Gasteiger partial charge in [-0.2, -0.15) is 0 Å². The van der Waals surface area contributed by atoms with Gasteiger partial charge in [-0.25, -0.2) is 0 Å². The quantitative estimate of drug-likeness (QED) is 0.566. The highest BCUT2D eigenvalue weighted by Gasteiger charge is 2.15. The van der Waals surface area contributed by atoms with E-state index in [1.807, 2.05) is 45.9 Å². The molecule has 0 spiro atoms. The van der Waals surface area contributed by atoms with Crippen LogP contribution in [0.3, 0.4) is 0 Å². The first-order valence-corrected chi connectivity index (χ1v) is 10.6. The van der Waals surface area contributed by atoms with E-state index in [9.17, 15) is 9.59 Å². The van der Waals surface area contributed by atoms with Gasteiger partial charge in [0.1, 0.15) is 0 Å². The number of carbonyl (C=O) groups excluding carboxylic acids is 2. The number of nitrogens with one attached hydrogen (secondary N) is 2. The average molecular weight is 413 g/mol. The minimum absolute atomic E-state index is 0.0699. The zero-order chi connectivity index (χ0) is 21.9. The van der Waals surface area contributed by atoms with E-state index in [-0.39, 0.29) is 17.9 Å². The summed E-state index contributed by atoms with van der Waals surface area (Å²) in [6.07, 6.45) is 1.69. The van der Waals surface area contributed by atoms with Crippen molar-refractivity contribution in [3.05, 3.63) is 53.6 Å². The molecule has 0 aromatic heterocycles. The molecule has 0 heterocycles. The van der Waals surface area contributed by atoms with E-state index in [4.69, 9.17) is 9.47 Å². The zero-order valence-electron chi connectivity index (χ0n) is 18.3. The molecule has 6 nitrogen and oxygen atoms in total. The lowest BCUT2D eigenvalue weighted by Crippen LogP contribution is -2.32. The van der Waals surface area contributed by atoms with Gasteiger partial charge in [-0.1, -0.05) is 25.1 Å². The Balaban J connectivity index is 2.02. The number of hydrogen-bond acceptors (Lipinski definition) is 4. The third-order valence-corrected chi connectivity index (χ3v) is 4.68. The highest BCUT2D eigenvalue weighted by molar-refractivity contribution is 6.03. The predicted octanol–water partition coefficient (Wildman–Crippen LogP) is 4.58. The number of anilines is 1. The molecule has 0 aliphatic heterocycles. The molecular formula is C24H32N2O4. The fourth-order valence-electron chi connectivity index (χ4n) is 2.92. The van der Waals surface area contributed by atoms with Crippen LogP contribution in [0.4, 0.5) is 5.69 Å². The zero-order valence-corrected chi connectivity index (χ0v) is 18.3. The van der Waals surface area contributed by atoms with Crippen LogP contribution in [0.15, 0.2) is 42.5 Å². The van der Waals surface area contributed by atoms with E-state index in [0.29, 0.717) is 48.8 Å². The number of hydrogen-bond donors (Lipinski definition) is 2. The summed E-state index contributed by atoms with van der Waals surface area (Å²) >= 11 is 0. The second-order valence-electron chi connectivity index (χ2n) is 7.02. The van der Waals surface area contributed by atoms with Gasteiger partial charge < -0.3 is 20.1 Å². The molecule has 2 N–H and O–H groups in total. The molecule has 2 aromatic carbocycles. The molecule has 0 radical (unpaired) electrons. The molecule has 2 amide bonds. The predicted molar refractivity (Wildman–Crippen MR) is 119 cm³/mol. The number of benzene rings is 2. The Morgan fingerprint density at radius 1 is 0.967 bits per heavy atom. The summed E-state index contributed by atoms with van der Waals surface area (Å²) in [4.78, 5) is 25.0. The van der Waals surface area contributed by atoms with Crippen molar-refractivity contribution in [3.8, 4) is 11.5 Å². The minimum atomic E-state index is -0.187. The van der Waals surface area contributed by atoms with E-state index in [1.165, 1.54) is 0 Å². The van der Waals surface area contributed by atoms with Gasteiger partial charge in [-0.15, -0.1) is 0 Å². The summed E-state index contributed by atoms with van der Waals surface area (Å²) in [6.45, 7) is 8.91. The molecule has 0 saturated carbocycles. The fourth-order valence-corrected chi connectivity index (χ4v) is 2.92. The van der Waals surface area contributed by atoms with Crippen molar-refractivity contribution in [1.29, 1.82) is 0 Å². The van der Waals surface area contributed by atoms with Crippen LogP contribution in [0.2, 0.25) is 0 Å². The number of carbonyl (C=O) groups is 2. The molecule has 2 aromatic rings. The molecule has 0 bridgehead atoms. The molecule has 162 valence electrons. The van der Waals surface area contributed by atoms with Gasteiger partial charge in [0.25, 0.3) is 5.91 Å². The van der Waals surface area contributed by atoms with Crippen LogP contribution >= 0.6 is 0 Å². The molecule has 1 atom stereocenters. The van der Waals surface area contributed by atoms with Crippen LogP contribution in [0.1, 0.15) is 56.5 Å². The molecule has 0 aliphatic rings. The van der Waals surface area contributed by atoms with Crippen molar-refractivity contribution in [2.45, 2.75) is 53.0 Å². The number of para-hydroxylation sites is 1. The standard InChI is InChI=1S/C24H32N2O4/c1-5-17(4)25-24(28)19-10-8-9-11-20(19)26-23(27)15-13-18-12-14-21(29-6-2)22(16-18)30-7-3/h8-12,14,16-17H,5-7,13,15H2,1-4H3,(H,25,28)(H,26,27)/t17-/m1/s1. The maximum Gasteiger partial charge on any atom is 0.253 e. The first-order chi connectivity index (χ1) is 14.5. The smallest absolute Gasteiger partial charge is 0.253 e. The fraction of sp³-hybridized carbons (Fsp3) is 0.417. The van der Waals surface area contributed by atoms with Gasteiger partial charge in [0.2, 0.25) is 5.91 Å². The normalized spacial score (nSPS) is 11.5. The first kappa shape index (κ1) is 23.3. The van der Waals surface area contributed by atoms with Crippen LogP contribution in [0.25, 0.3) is 0 Å². The van der Waals surface area contributed by atoms with Crippen molar-refractivity contribution in [3.63, 3.8) is 0 Å². The van der Waals surface area contributed by atoms with Crippen LogP contribution in [-0.2, 0) is 11.2 Å². The highest BCUT2D eigenvalue weighted by Crippen LogP contribution is 2.29. The van der Waals surface area contributed by atoms with Crippen molar-refractivity contribution < 1.29 is 19.1 Å². The lowest BCUT2D eigenvalue weighted by molar-refractivity contribution is -0.116. The topological polar surface area (TPSA) is 76.7 Å². The minimum Gasteiger partial charge on any atom is -0.490 e. The maximum absolute atomic E-state index is 12.5.